The predicted octanol–water partition coefficient (Wildman–Crippen LogP) is 4.55. The molecule has 0 radical (unpaired) electrons. The van der Waals surface area contributed by atoms with Gasteiger partial charge in [0.25, 0.3) is 0 Å². The molecule has 0 spiro atoms. The lowest BCUT2D eigenvalue weighted by molar-refractivity contribution is 0.0307. The topological polar surface area (TPSA) is 23.5 Å². The van der Waals surface area contributed by atoms with E-state index in [1.807, 2.05) is 12.1 Å². The minimum Gasteiger partial charge on any atom is -0.508 e. The van der Waals surface area contributed by atoms with Crippen LogP contribution in [0.3, 0.4) is 0 Å². The van der Waals surface area contributed by atoms with Gasteiger partial charge in [0.05, 0.1) is 0 Å². The van der Waals surface area contributed by atoms with Crippen molar-refractivity contribution in [1.29, 1.82) is 0 Å². The molecular weight excluding hydrogens is 306 g/mol. The number of hydrogen-bond acceptors (Lipinski definition) is 2. The first kappa shape index (κ1) is 16.7. The Labute approximate surface area is 151 Å². The molecule has 2 aliphatic rings. The predicted molar refractivity (Wildman–Crippen MR) is 103 cm³/mol. The van der Waals surface area contributed by atoms with Gasteiger partial charge in [0.1, 0.15) is 5.75 Å². The van der Waals surface area contributed by atoms with E-state index in [2.05, 4.69) is 55.1 Å². The number of piperidine rings is 1. The van der Waals surface area contributed by atoms with E-state index in [0.717, 1.165) is 6.42 Å². The van der Waals surface area contributed by atoms with Gasteiger partial charge in [-0.1, -0.05) is 50.2 Å². The molecule has 3 atom stereocenters. The molecule has 25 heavy (non-hydrogen) atoms. The second-order valence-electron chi connectivity index (χ2n) is 8.19. The maximum atomic E-state index is 9.95. The van der Waals surface area contributed by atoms with Crippen LogP contribution in [0.15, 0.2) is 48.5 Å². The number of nitrogens with zero attached hydrogens (tertiary/aromatic N) is 1. The van der Waals surface area contributed by atoms with Crippen molar-refractivity contribution in [2.75, 3.05) is 13.1 Å². The van der Waals surface area contributed by atoms with Crippen LogP contribution >= 0.6 is 0 Å². The van der Waals surface area contributed by atoms with Gasteiger partial charge in [0, 0.05) is 6.04 Å². The zero-order chi connectivity index (χ0) is 17.4. The van der Waals surface area contributed by atoms with Gasteiger partial charge >= 0.3 is 0 Å². The van der Waals surface area contributed by atoms with Crippen LogP contribution in [0.2, 0.25) is 0 Å². The average Bonchev–Trinajstić information content (AvgIpc) is 2.62. The van der Waals surface area contributed by atoms with Crippen molar-refractivity contribution < 1.29 is 5.11 Å². The summed E-state index contributed by atoms with van der Waals surface area (Å²) in [6.07, 6.45) is 4.71. The maximum Gasteiger partial charge on any atom is 0.115 e. The number of benzene rings is 2. The molecule has 1 aliphatic carbocycles. The van der Waals surface area contributed by atoms with Crippen LogP contribution in [0, 0.1) is 5.92 Å². The van der Waals surface area contributed by atoms with Crippen molar-refractivity contribution in [2.45, 2.75) is 51.0 Å². The van der Waals surface area contributed by atoms with Gasteiger partial charge in [-0.3, -0.25) is 4.90 Å². The van der Waals surface area contributed by atoms with Crippen molar-refractivity contribution in [3.8, 4) is 5.75 Å². The van der Waals surface area contributed by atoms with E-state index in [1.54, 1.807) is 0 Å². The molecule has 2 heteroatoms. The Morgan fingerprint density at radius 3 is 2.76 bits per heavy atom. The molecule has 1 heterocycles. The summed E-state index contributed by atoms with van der Waals surface area (Å²) in [6, 6.07) is 17.5. The number of likely N-dealkylation sites (tertiary alicyclic amines) is 1. The first-order chi connectivity index (χ1) is 12.1. The summed E-state index contributed by atoms with van der Waals surface area (Å²) >= 11 is 0. The van der Waals surface area contributed by atoms with Gasteiger partial charge in [-0.2, -0.15) is 0 Å². The van der Waals surface area contributed by atoms with Crippen molar-refractivity contribution in [1.82, 2.24) is 4.90 Å². The van der Waals surface area contributed by atoms with Crippen molar-refractivity contribution in [2.24, 2.45) is 5.92 Å². The van der Waals surface area contributed by atoms with Crippen LogP contribution in [0.1, 0.15) is 43.4 Å². The molecule has 0 saturated carbocycles. The lowest BCUT2D eigenvalue weighted by atomic mass is 9.59. The molecule has 1 aliphatic heterocycles. The molecule has 2 nitrogen and oxygen atoms in total. The highest BCUT2D eigenvalue weighted by Gasteiger charge is 2.48. The van der Waals surface area contributed by atoms with Gasteiger partial charge in [-0.15, -0.1) is 0 Å². The molecule has 1 saturated heterocycles. The van der Waals surface area contributed by atoms with Crippen LogP contribution in [0.25, 0.3) is 0 Å². The second kappa shape index (κ2) is 6.49. The zero-order valence-corrected chi connectivity index (χ0v) is 15.4. The highest BCUT2D eigenvalue weighted by Crippen LogP contribution is 2.49. The number of hydrogen-bond donors (Lipinski definition) is 1. The van der Waals surface area contributed by atoms with Gasteiger partial charge in [-0.05, 0) is 78.9 Å². The fraction of sp³-hybridized carbons (Fsp3) is 0.478. The molecule has 4 rings (SSSR count). The van der Waals surface area contributed by atoms with E-state index in [0.29, 0.717) is 17.7 Å². The molecule has 0 aromatic heterocycles. The fourth-order valence-corrected chi connectivity index (χ4v) is 5.10. The Hall–Kier alpha value is -1.80. The summed E-state index contributed by atoms with van der Waals surface area (Å²) in [5, 5.41) is 9.95. The summed E-state index contributed by atoms with van der Waals surface area (Å²) in [4.78, 5) is 2.73. The normalized spacial score (nSPS) is 28.6. The Balaban J connectivity index is 1.48. The van der Waals surface area contributed by atoms with E-state index in [1.165, 1.54) is 49.0 Å². The highest BCUT2D eigenvalue weighted by atomic mass is 16.3. The molecule has 132 valence electrons. The summed E-state index contributed by atoms with van der Waals surface area (Å²) in [7, 11) is 0. The SMILES string of the molecule is CC1C2Cc3ccc(O)cc3[C@]1(C)CCN2CCCc1ccccc1. The molecule has 1 fully saturated rings. The fourth-order valence-electron chi connectivity index (χ4n) is 5.10. The highest BCUT2D eigenvalue weighted by molar-refractivity contribution is 5.44. The van der Waals surface area contributed by atoms with E-state index in [4.69, 9.17) is 0 Å². The Morgan fingerprint density at radius 1 is 1.16 bits per heavy atom. The molecule has 0 amide bonds. The van der Waals surface area contributed by atoms with Gasteiger partial charge in [-0.25, -0.2) is 0 Å². The molecule has 2 unspecified atom stereocenters. The third-order valence-corrected chi connectivity index (χ3v) is 6.86. The van der Waals surface area contributed by atoms with E-state index >= 15 is 0 Å². The minimum atomic E-state index is 0.201. The standard InChI is InChI=1S/C23H29NO/c1-17-22-15-19-10-11-20(25)16-21(19)23(17,2)12-14-24(22)13-6-9-18-7-4-3-5-8-18/h3-5,7-8,10-11,16-17,22,25H,6,9,12-15H2,1-2H3/t17?,22?,23-/m1/s1. The largest absolute Gasteiger partial charge is 0.508 e. The second-order valence-corrected chi connectivity index (χ2v) is 8.19. The molecular formula is C23H29NO. The smallest absolute Gasteiger partial charge is 0.115 e. The third kappa shape index (κ3) is 2.97. The van der Waals surface area contributed by atoms with Crippen LogP contribution in [-0.2, 0) is 18.3 Å². The van der Waals surface area contributed by atoms with Crippen LogP contribution in [0.4, 0.5) is 0 Å². The number of rotatable bonds is 4. The van der Waals surface area contributed by atoms with Crippen molar-refractivity contribution >= 4 is 0 Å². The summed E-state index contributed by atoms with van der Waals surface area (Å²) in [5.41, 5.74) is 4.48. The minimum absolute atomic E-state index is 0.201. The Kier molecular flexibility index (Phi) is 4.33. The number of phenolic OH excluding ortho intramolecular Hbond substituents is 1. The molecule has 2 aromatic rings. The Bertz CT molecular complexity index is 741. The molecule has 1 N–H and O–H groups in total. The zero-order valence-electron chi connectivity index (χ0n) is 15.4. The van der Waals surface area contributed by atoms with E-state index < -0.39 is 0 Å². The number of phenols is 1. The number of fused-ring (bicyclic) bond motifs is 4. The third-order valence-electron chi connectivity index (χ3n) is 6.86. The number of aromatic hydroxyl groups is 1. The van der Waals surface area contributed by atoms with Gasteiger partial charge in [0.15, 0.2) is 0 Å². The lowest BCUT2D eigenvalue weighted by Crippen LogP contribution is -2.58. The monoisotopic (exact) mass is 335 g/mol. The van der Waals surface area contributed by atoms with Crippen LogP contribution in [-0.4, -0.2) is 29.1 Å². The van der Waals surface area contributed by atoms with Crippen LogP contribution in [0.5, 0.6) is 5.75 Å². The van der Waals surface area contributed by atoms with E-state index in [9.17, 15) is 5.11 Å². The first-order valence-corrected chi connectivity index (χ1v) is 9.68. The maximum absolute atomic E-state index is 9.95. The van der Waals surface area contributed by atoms with Gasteiger partial charge in [0.2, 0.25) is 0 Å². The molecule has 2 aromatic carbocycles. The molecule has 2 bridgehead atoms. The quantitative estimate of drug-likeness (QED) is 0.886. The summed E-state index contributed by atoms with van der Waals surface area (Å²) in [6.45, 7) is 7.19. The van der Waals surface area contributed by atoms with E-state index in [-0.39, 0.29) is 5.41 Å². The van der Waals surface area contributed by atoms with Gasteiger partial charge < -0.3 is 5.11 Å². The number of aryl methyl sites for hydroxylation is 1. The summed E-state index contributed by atoms with van der Waals surface area (Å²) in [5.74, 6) is 1.04. The Morgan fingerprint density at radius 2 is 1.96 bits per heavy atom. The summed E-state index contributed by atoms with van der Waals surface area (Å²) < 4.78 is 0. The van der Waals surface area contributed by atoms with Crippen molar-refractivity contribution in [3.63, 3.8) is 0 Å². The van der Waals surface area contributed by atoms with Crippen LogP contribution < -0.4 is 0 Å². The lowest BCUT2D eigenvalue weighted by Gasteiger charge is -2.54. The first-order valence-electron chi connectivity index (χ1n) is 9.68. The average molecular weight is 335 g/mol. The van der Waals surface area contributed by atoms with Crippen molar-refractivity contribution in [3.05, 3.63) is 65.2 Å².